The van der Waals surface area contributed by atoms with Crippen LogP contribution < -0.4 is 0 Å². The molecule has 0 unspecified atom stereocenters. The topological polar surface area (TPSA) is 78.9 Å². The van der Waals surface area contributed by atoms with E-state index < -0.39 is 5.97 Å². The van der Waals surface area contributed by atoms with Crippen molar-refractivity contribution in [2.75, 3.05) is 0 Å². The number of carboxylic acids is 1. The molecule has 2 N–H and O–H groups in total. The number of aromatic amines is 1. The van der Waals surface area contributed by atoms with Crippen molar-refractivity contribution in [3.8, 4) is 11.3 Å². The molecule has 5 nitrogen and oxygen atoms in total. The number of hydrogen-bond donors (Lipinski definition) is 2. The second kappa shape index (κ2) is 4.20. The molecule has 0 atom stereocenters. The Labute approximate surface area is 109 Å². The smallest absolute Gasteiger partial charge is 0.337 e. The van der Waals surface area contributed by atoms with E-state index in [1.165, 1.54) is 6.20 Å². The molecule has 3 aromatic heterocycles. The molecule has 0 aromatic carbocycles. The van der Waals surface area contributed by atoms with Crippen molar-refractivity contribution in [3.63, 3.8) is 0 Å². The van der Waals surface area contributed by atoms with Gasteiger partial charge in [0.05, 0.1) is 11.3 Å². The van der Waals surface area contributed by atoms with E-state index in [0.717, 1.165) is 27.9 Å². The van der Waals surface area contributed by atoms with E-state index in [1.54, 1.807) is 18.3 Å². The molecule has 94 valence electrons. The van der Waals surface area contributed by atoms with E-state index in [-0.39, 0.29) is 5.56 Å². The van der Waals surface area contributed by atoms with Gasteiger partial charge in [-0.25, -0.2) is 9.78 Å². The lowest BCUT2D eigenvalue weighted by Gasteiger charge is -2.04. The monoisotopic (exact) mass is 253 g/mol. The quantitative estimate of drug-likeness (QED) is 0.735. The van der Waals surface area contributed by atoms with Crippen LogP contribution in [0.25, 0.3) is 22.3 Å². The van der Waals surface area contributed by atoms with Crippen LogP contribution in [0.4, 0.5) is 0 Å². The molecule has 3 heterocycles. The van der Waals surface area contributed by atoms with Crippen LogP contribution in [0.3, 0.4) is 0 Å². The summed E-state index contributed by atoms with van der Waals surface area (Å²) < 4.78 is 0. The van der Waals surface area contributed by atoms with Crippen LogP contribution in [0.2, 0.25) is 0 Å². The number of aryl methyl sites for hydroxylation is 1. The number of hydrogen-bond acceptors (Lipinski definition) is 3. The zero-order valence-corrected chi connectivity index (χ0v) is 10.2. The number of H-pyrrole nitrogens is 1. The summed E-state index contributed by atoms with van der Waals surface area (Å²) >= 11 is 0. The normalized spacial score (nSPS) is 10.8. The summed E-state index contributed by atoms with van der Waals surface area (Å²) in [5.74, 6) is -0.975. The van der Waals surface area contributed by atoms with Crippen LogP contribution in [0.1, 0.15) is 15.9 Å². The molecule has 5 heteroatoms. The lowest BCUT2D eigenvalue weighted by molar-refractivity contribution is 0.0696. The van der Waals surface area contributed by atoms with Crippen molar-refractivity contribution in [1.82, 2.24) is 15.0 Å². The average Bonchev–Trinajstić information content (AvgIpc) is 2.81. The summed E-state index contributed by atoms with van der Waals surface area (Å²) in [7, 11) is 0. The third-order valence-corrected chi connectivity index (χ3v) is 3.06. The fourth-order valence-corrected chi connectivity index (χ4v) is 2.11. The highest BCUT2D eigenvalue weighted by molar-refractivity contribution is 5.95. The van der Waals surface area contributed by atoms with Gasteiger partial charge in [-0.1, -0.05) is 0 Å². The van der Waals surface area contributed by atoms with E-state index in [4.69, 9.17) is 5.11 Å². The largest absolute Gasteiger partial charge is 0.478 e. The van der Waals surface area contributed by atoms with Gasteiger partial charge in [0, 0.05) is 29.5 Å². The summed E-state index contributed by atoms with van der Waals surface area (Å²) in [6.45, 7) is 2.00. The van der Waals surface area contributed by atoms with Gasteiger partial charge in [0.1, 0.15) is 5.65 Å². The van der Waals surface area contributed by atoms with Crippen LogP contribution in [-0.4, -0.2) is 26.0 Å². The molecule has 0 fully saturated rings. The SMILES string of the molecule is Cc1c[nH]c2nccc(-c3ccc(C(=O)O)cn3)c12. The van der Waals surface area contributed by atoms with Gasteiger partial charge in [0.15, 0.2) is 0 Å². The fourth-order valence-electron chi connectivity index (χ4n) is 2.11. The van der Waals surface area contributed by atoms with Crippen LogP contribution >= 0.6 is 0 Å². The Morgan fingerprint density at radius 1 is 1.26 bits per heavy atom. The minimum atomic E-state index is -0.975. The Morgan fingerprint density at radius 2 is 2.11 bits per heavy atom. The summed E-state index contributed by atoms with van der Waals surface area (Å²) in [6, 6.07) is 5.15. The molecule has 0 radical (unpaired) electrons. The fraction of sp³-hybridized carbons (Fsp3) is 0.0714. The zero-order chi connectivity index (χ0) is 13.4. The third kappa shape index (κ3) is 1.85. The lowest BCUT2D eigenvalue weighted by atomic mass is 10.1. The molecule has 0 saturated carbocycles. The number of aromatic carboxylic acids is 1. The van der Waals surface area contributed by atoms with Crippen molar-refractivity contribution >= 4 is 17.0 Å². The van der Waals surface area contributed by atoms with Gasteiger partial charge in [-0.3, -0.25) is 4.98 Å². The van der Waals surface area contributed by atoms with Crippen molar-refractivity contribution in [2.24, 2.45) is 0 Å². The Morgan fingerprint density at radius 3 is 2.79 bits per heavy atom. The average molecular weight is 253 g/mol. The minimum absolute atomic E-state index is 0.180. The number of carbonyl (C=O) groups is 1. The van der Waals surface area contributed by atoms with E-state index in [0.29, 0.717) is 0 Å². The Kier molecular flexibility index (Phi) is 2.52. The van der Waals surface area contributed by atoms with Crippen molar-refractivity contribution in [1.29, 1.82) is 0 Å². The standard InChI is InChI=1S/C14H11N3O2/c1-8-6-17-13-12(8)10(4-5-15-13)11-3-2-9(7-16-11)14(18)19/h2-7H,1H3,(H,15,17)(H,18,19). The maximum absolute atomic E-state index is 10.8. The molecule has 19 heavy (non-hydrogen) atoms. The molecular formula is C14H11N3O2. The first kappa shape index (κ1) is 11.4. The zero-order valence-electron chi connectivity index (χ0n) is 10.2. The van der Waals surface area contributed by atoms with Gasteiger partial charge in [0.25, 0.3) is 0 Å². The molecule has 0 spiro atoms. The minimum Gasteiger partial charge on any atom is -0.478 e. The van der Waals surface area contributed by atoms with E-state index in [9.17, 15) is 4.79 Å². The summed E-state index contributed by atoms with van der Waals surface area (Å²) in [6.07, 6.45) is 4.97. The van der Waals surface area contributed by atoms with Crippen molar-refractivity contribution < 1.29 is 9.90 Å². The molecule has 0 aliphatic carbocycles. The van der Waals surface area contributed by atoms with Crippen molar-refractivity contribution in [2.45, 2.75) is 6.92 Å². The van der Waals surface area contributed by atoms with E-state index in [1.807, 2.05) is 19.2 Å². The van der Waals surface area contributed by atoms with Crippen LogP contribution in [0.5, 0.6) is 0 Å². The van der Waals surface area contributed by atoms with Crippen LogP contribution in [-0.2, 0) is 0 Å². The number of pyridine rings is 2. The third-order valence-electron chi connectivity index (χ3n) is 3.06. The first-order chi connectivity index (χ1) is 9.16. The summed E-state index contributed by atoms with van der Waals surface area (Å²) in [4.78, 5) is 22.4. The lowest BCUT2D eigenvalue weighted by Crippen LogP contribution is -1.97. The highest BCUT2D eigenvalue weighted by Crippen LogP contribution is 2.28. The second-order valence-electron chi connectivity index (χ2n) is 4.29. The van der Waals surface area contributed by atoms with E-state index >= 15 is 0 Å². The maximum atomic E-state index is 10.8. The Balaban J connectivity index is 2.18. The number of carboxylic acid groups (broad SMARTS) is 1. The summed E-state index contributed by atoms with van der Waals surface area (Å²) in [5.41, 5.74) is 3.75. The molecule has 0 bridgehead atoms. The predicted molar refractivity (Wildman–Crippen MR) is 71.0 cm³/mol. The highest BCUT2D eigenvalue weighted by Gasteiger charge is 2.10. The van der Waals surface area contributed by atoms with E-state index in [2.05, 4.69) is 15.0 Å². The molecule has 0 aliphatic rings. The van der Waals surface area contributed by atoms with Crippen LogP contribution in [0, 0.1) is 6.92 Å². The first-order valence-electron chi connectivity index (χ1n) is 5.79. The molecule has 0 amide bonds. The molecule has 3 rings (SSSR count). The number of nitrogens with one attached hydrogen (secondary N) is 1. The number of nitrogens with zero attached hydrogens (tertiary/aromatic N) is 2. The van der Waals surface area contributed by atoms with Gasteiger partial charge in [-0.05, 0) is 30.7 Å². The Hall–Kier alpha value is -2.69. The van der Waals surface area contributed by atoms with Crippen LogP contribution in [0.15, 0.2) is 36.8 Å². The predicted octanol–water partition coefficient (Wildman–Crippen LogP) is 2.63. The second-order valence-corrected chi connectivity index (χ2v) is 4.29. The van der Waals surface area contributed by atoms with Gasteiger partial charge < -0.3 is 10.1 Å². The Bertz CT molecular complexity index is 760. The number of aromatic nitrogens is 3. The molecule has 3 aromatic rings. The maximum Gasteiger partial charge on any atom is 0.337 e. The highest BCUT2D eigenvalue weighted by atomic mass is 16.4. The van der Waals surface area contributed by atoms with Gasteiger partial charge in [0.2, 0.25) is 0 Å². The number of fused-ring (bicyclic) bond motifs is 1. The molecule has 0 aliphatic heterocycles. The van der Waals surface area contributed by atoms with Gasteiger partial charge in [-0.15, -0.1) is 0 Å². The molecular weight excluding hydrogens is 242 g/mol. The summed E-state index contributed by atoms with van der Waals surface area (Å²) in [5, 5.41) is 9.89. The van der Waals surface area contributed by atoms with Gasteiger partial charge >= 0.3 is 5.97 Å². The first-order valence-corrected chi connectivity index (χ1v) is 5.79. The van der Waals surface area contributed by atoms with Crippen molar-refractivity contribution in [3.05, 3.63) is 47.9 Å². The number of rotatable bonds is 2. The molecule has 0 saturated heterocycles. The van der Waals surface area contributed by atoms with Gasteiger partial charge in [-0.2, -0.15) is 0 Å².